The van der Waals surface area contributed by atoms with Crippen LogP contribution in [0.5, 0.6) is 5.75 Å². The van der Waals surface area contributed by atoms with Gasteiger partial charge in [-0.2, -0.15) is 0 Å². The molecule has 290 valence electrons. The summed E-state index contributed by atoms with van der Waals surface area (Å²) < 4.78 is 0. The second-order valence-corrected chi connectivity index (χ2v) is 13.8. The highest BCUT2D eigenvalue weighted by Gasteiger charge is 2.33. The Balaban J connectivity index is 2.78. The van der Waals surface area contributed by atoms with Gasteiger partial charge in [0.1, 0.15) is 17.8 Å². The Kier molecular flexibility index (Phi) is 23.7. The molecule has 3 amide bonds. The predicted molar refractivity (Wildman–Crippen MR) is 197 cm³/mol. The Morgan fingerprint density at radius 2 is 1.16 bits per heavy atom. The van der Waals surface area contributed by atoms with Gasteiger partial charge in [0.2, 0.25) is 17.7 Å². The van der Waals surface area contributed by atoms with Crippen molar-refractivity contribution in [1.29, 1.82) is 0 Å². The number of phenols is 1. The highest BCUT2D eigenvalue weighted by atomic mass is 16.3. The van der Waals surface area contributed by atoms with Gasteiger partial charge in [-0.15, -0.1) is 0 Å². The van der Waals surface area contributed by atoms with E-state index in [2.05, 4.69) is 22.9 Å². The average Bonchev–Trinajstić information content (AvgIpc) is 3.10. The zero-order chi connectivity index (χ0) is 38.2. The van der Waals surface area contributed by atoms with Gasteiger partial charge in [-0.05, 0) is 44.4 Å². The second-order valence-electron chi connectivity index (χ2n) is 13.8. The summed E-state index contributed by atoms with van der Waals surface area (Å²) in [6, 6.07) is 2.16. The number of hydrogen-bond donors (Lipinski definition) is 7. The van der Waals surface area contributed by atoms with E-state index in [1.165, 1.54) is 83.8 Å². The van der Waals surface area contributed by atoms with E-state index in [-0.39, 0.29) is 25.0 Å². The quantitative estimate of drug-likeness (QED) is 0.0593. The first-order valence-electron chi connectivity index (χ1n) is 19.0. The molecule has 0 spiro atoms. The largest absolute Gasteiger partial charge is 0.508 e. The molecule has 1 rings (SSSR count). The molecule has 0 bridgehead atoms. The lowest BCUT2D eigenvalue weighted by atomic mass is 9.93. The smallest absolute Gasteiger partial charge is 0.245 e. The molecule has 12 nitrogen and oxygen atoms in total. The summed E-state index contributed by atoms with van der Waals surface area (Å²) >= 11 is 0. The highest BCUT2D eigenvalue weighted by Crippen LogP contribution is 2.16. The van der Waals surface area contributed by atoms with Gasteiger partial charge in [-0.3, -0.25) is 24.0 Å². The van der Waals surface area contributed by atoms with Crippen LogP contribution < -0.4 is 16.0 Å². The van der Waals surface area contributed by atoms with Crippen LogP contribution >= 0.6 is 0 Å². The summed E-state index contributed by atoms with van der Waals surface area (Å²) in [5, 5.41) is 47.7. The van der Waals surface area contributed by atoms with E-state index < -0.39 is 78.6 Å². The van der Waals surface area contributed by atoms with Gasteiger partial charge >= 0.3 is 0 Å². The van der Waals surface area contributed by atoms with Gasteiger partial charge < -0.3 is 36.4 Å². The normalized spacial score (nSPS) is 14.8. The summed E-state index contributed by atoms with van der Waals surface area (Å²) in [4.78, 5) is 64.9. The van der Waals surface area contributed by atoms with Crippen LogP contribution in [-0.4, -0.2) is 86.7 Å². The lowest BCUT2D eigenvalue weighted by Gasteiger charge is -2.26. The molecule has 1 aromatic rings. The Morgan fingerprint density at radius 3 is 1.63 bits per heavy atom. The van der Waals surface area contributed by atoms with E-state index in [4.69, 9.17) is 0 Å². The number of aromatic hydroxyl groups is 1. The summed E-state index contributed by atoms with van der Waals surface area (Å²) in [6.07, 6.45) is 12.4. The maximum absolute atomic E-state index is 13.6. The van der Waals surface area contributed by atoms with Gasteiger partial charge in [0, 0.05) is 19.3 Å². The van der Waals surface area contributed by atoms with Crippen molar-refractivity contribution < 1.29 is 44.4 Å². The van der Waals surface area contributed by atoms with Crippen LogP contribution in [-0.2, 0) is 30.4 Å². The van der Waals surface area contributed by atoms with Crippen molar-refractivity contribution >= 4 is 29.3 Å². The van der Waals surface area contributed by atoms with Crippen molar-refractivity contribution in [3.05, 3.63) is 29.8 Å². The van der Waals surface area contributed by atoms with Crippen molar-refractivity contribution in [2.45, 2.75) is 167 Å². The number of benzene rings is 1. The van der Waals surface area contributed by atoms with Crippen molar-refractivity contribution in [3.63, 3.8) is 0 Å². The number of ketones is 2. The number of phenolic OH excluding ortho intramolecular Hbond substituents is 1. The number of carbonyl (C=O) groups is 5. The van der Waals surface area contributed by atoms with Gasteiger partial charge in [0.15, 0.2) is 11.6 Å². The first-order valence-corrected chi connectivity index (χ1v) is 19.0. The summed E-state index contributed by atoms with van der Waals surface area (Å²) in [5.41, 5.74) is 0.569. The summed E-state index contributed by atoms with van der Waals surface area (Å²) in [5.74, 6) is -4.33. The molecule has 0 aliphatic heterocycles. The molecule has 0 saturated heterocycles. The van der Waals surface area contributed by atoms with Crippen LogP contribution in [0.4, 0.5) is 0 Å². The van der Waals surface area contributed by atoms with Crippen LogP contribution in [0.1, 0.15) is 136 Å². The molecule has 1 aromatic carbocycles. The SMILES string of the molecule is CCCCCCCCCCCCCCCC(=O)N[C@H](C(=O)N[C@@H](Cc1ccc(O)cc1)C(=O)C[C@@H](CO)C(=O)N[C@H](C(=O)CC)[C@@H](C)O)[C@@H](C)O. The molecular formula is C39H65N3O9. The van der Waals surface area contributed by atoms with Crippen molar-refractivity contribution in [2.24, 2.45) is 5.92 Å². The third-order valence-electron chi connectivity index (χ3n) is 9.18. The van der Waals surface area contributed by atoms with E-state index in [1.807, 2.05) is 0 Å². The molecule has 0 aromatic heterocycles. The van der Waals surface area contributed by atoms with Crippen LogP contribution in [0.15, 0.2) is 24.3 Å². The molecule has 0 saturated carbocycles. The second kappa shape index (κ2) is 26.4. The Bertz CT molecular complexity index is 1170. The highest BCUT2D eigenvalue weighted by molar-refractivity contribution is 5.96. The fraction of sp³-hybridized carbons (Fsp3) is 0.718. The first kappa shape index (κ1) is 45.7. The minimum Gasteiger partial charge on any atom is -0.508 e. The predicted octanol–water partition coefficient (Wildman–Crippen LogP) is 4.18. The van der Waals surface area contributed by atoms with Crippen molar-refractivity contribution in [1.82, 2.24) is 16.0 Å². The van der Waals surface area contributed by atoms with Gasteiger partial charge in [-0.25, -0.2) is 0 Å². The fourth-order valence-electron chi connectivity index (χ4n) is 5.92. The summed E-state index contributed by atoms with van der Waals surface area (Å²) in [6.45, 7) is 5.76. The lowest BCUT2D eigenvalue weighted by Crippen LogP contribution is -2.56. The molecule has 0 aliphatic carbocycles. The van der Waals surface area contributed by atoms with E-state index in [0.717, 1.165) is 19.3 Å². The monoisotopic (exact) mass is 719 g/mol. The van der Waals surface area contributed by atoms with Crippen molar-refractivity contribution in [3.8, 4) is 5.75 Å². The molecular weight excluding hydrogens is 654 g/mol. The fourth-order valence-corrected chi connectivity index (χ4v) is 5.92. The van der Waals surface area contributed by atoms with E-state index in [1.54, 1.807) is 19.1 Å². The topological polar surface area (TPSA) is 202 Å². The minimum atomic E-state index is -1.35. The number of aliphatic hydroxyl groups is 3. The Morgan fingerprint density at radius 1 is 0.647 bits per heavy atom. The molecule has 6 atom stereocenters. The van der Waals surface area contributed by atoms with Crippen molar-refractivity contribution in [2.75, 3.05) is 6.61 Å². The van der Waals surface area contributed by atoms with Gasteiger partial charge in [0.25, 0.3) is 0 Å². The first-order chi connectivity index (χ1) is 24.3. The maximum Gasteiger partial charge on any atom is 0.245 e. The van der Waals surface area contributed by atoms with Gasteiger partial charge in [-0.1, -0.05) is 103 Å². The number of unbranched alkanes of at least 4 members (excludes halogenated alkanes) is 12. The Labute approximate surface area is 304 Å². The number of nitrogens with one attached hydrogen (secondary N) is 3. The number of amides is 3. The maximum atomic E-state index is 13.6. The average molecular weight is 720 g/mol. The molecule has 0 heterocycles. The van der Waals surface area contributed by atoms with Crippen LogP contribution in [0.2, 0.25) is 0 Å². The summed E-state index contributed by atoms with van der Waals surface area (Å²) in [7, 11) is 0. The number of Topliss-reactive ketones (excluding diaryl/α,β-unsaturated/α-hetero) is 2. The van der Waals surface area contributed by atoms with E-state index in [9.17, 15) is 44.4 Å². The number of aliphatic hydroxyl groups excluding tert-OH is 3. The number of rotatable bonds is 29. The van der Waals surface area contributed by atoms with Crippen LogP contribution in [0.3, 0.4) is 0 Å². The molecule has 51 heavy (non-hydrogen) atoms. The molecule has 0 unspecified atom stereocenters. The standard InChI is InChI=1S/C39H65N3O9/c1-5-7-8-9-10-11-12-13-14-15-16-17-18-19-35(49)41-37(28(4)45)39(51)40-32(24-29-20-22-31(46)23-21-29)34(48)25-30(26-43)38(50)42-36(27(3)44)33(47)6-2/h20-23,27-28,30,32,36-37,43-46H,5-19,24-26H2,1-4H3,(H,40,51)(H,41,49)(H,42,50)/t27-,28-,30+,32+,36+,37+/m1/s1. The Hall–Kier alpha value is -3.35. The third kappa shape index (κ3) is 19.2. The molecule has 0 radical (unpaired) electrons. The van der Waals surface area contributed by atoms with Crippen LogP contribution in [0.25, 0.3) is 0 Å². The third-order valence-corrected chi connectivity index (χ3v) is 9.18. The molecule has 12 heteroatoms. The number of carbonyl (C=O) groups excluding carboxylic acids is 5. The van der Waals surface area contributed by atoms with E-state index in [0.29, 0.717) is 12.0 Å². The van der Waals surface area contributed by atoms with Gasteiger partial charge in [0.05, 0.1) is 30.8 Å². The van der Waals surface area contributed by atoms with Crippen LogP contribution in [0, 0.1) is 5.92 Å². The molecule has 7 N–H and O–H groups in total. The zero-order valence-electron chi connectivity index (χ0n) is 31.3. The van der Waals surface area contributed by atoms with E-state index >= 15 is 0 Å². The number of hydrogen-bond acceptors (Lipinski definition) is 9. The minimum absolute atomic E-state index is 0.00245. The lowest BCUT2D eigenvalue weighted by molar-refractivity contribution is -0.136. The zero-order valence-corrected chi connectivity index (χ0v) is 31.3. The molecule has 0 aliphatic rings. The molecule has 0 fully saturated rings.